The van der Waals surface area contributed by atoms with Crippen LogP contribution in [0.3, 0.4) is 0 Å². The van der Waals surface area contributed by atoms with E-state index in [0.29, 0.717) is 6.04 Å². The molecule has 1 aromatic carbocycles. The Morgan fingerprint density at radius 1 is 1.33 bits per heavy atom. The minimum Gasteiger partial charge on any atom is -0.481 e. The van der Waals surface area contributed by atoms with Crippen LogP contribution < -0.4 is 0 Å². The van der Waals surface area contributed by atoms with Crippen LogP contribution in [0.25, 0.3) is 0 Å². The molecule has 0 bridgehead atoms. The van der Waals surface area contributed by atoms with Crippen molar-refractivity contribution in [2.45, 2.75) is 45.1 Å². The molecule has 1 saturated heterocycles. The minimum atomic E-state index is -0.647. The molecule has 2 rings (SSSR count). The molecule has 1 unspecified atom stereocenters. The van der Waals surface area contributed by atoms with E-state index in [-0.39, 0.29) is 5.92 Å². The summed E-state index contributed by atoms with van der Waals surface area (Å²) in [5, 5.41) is 9.88. The van der Waals surface area contributed by atoms with E-state index in [2.05, 4.69) is 24.0 Å². The number of piperidine rings is 1. The van der Waals surface area contributed by atoms with Gasteiger partial charge in [0.25, 0.3) is 0 Å². The van der Waals surface area contributed by atoms with Gasteiger partial charge in [-0.25, -0.2) is 0 Å². The zero-order chi connectivity index (χ0) is 15.2. The van der Waals surface area contributed by atoms with Gasteiger partial charge < -0.3 is 5.11 Å². The van der Waals surface area contributed by atoms with Crippen LogP contribution >= 0.6 is 11.6 Å². The van der Waals surface area contributed by atoms with Crippen LogP contribution in [0.5, 0.6) is 0 Å². The van der Waals surface area contributed by atoms with E-state index < -0.39 is 5.97 Å². The molecule has 4 heteroatoms. The van der Waals surface area contributed by atoms with Gasteiger partial charge in [-0.2, -0.15) is 0 Å². The van der Waals surface area contributed by atoms with Crippen molar-refractivity contribution >= 4 is 17.6 Å². The second-order valence-corrected chi connectivity index (χ2v) is 6.29. The first-order valence-electron chi connectivity index (χ1n) is 7.84. The number of aliphatic carboxylic acids is 1. The fourth-order valence-electron chi connectivity index (χ4n) is 3.10. The van der Waals surface area contributed by atoms with Gasteiger partial charge in [-0.15, -0.1) is 0 Å². The maximum atomic E-state index is 11.1. The van der Waals surface area contributed by atoms with Gasteiger partial charge in [0.15, 0.2) is 0 Å². The van der Waals surface area contributed by atoms with E-state index in [1.165, 1.54) is 18.4 Å². The van der Waals surface area contributed by atoms with Gasteiger partial charge >= 0.3 is 5.97 Å². The van der Waals surface area contributed by atoms with E-state index in [1.54, 1.807) is 0 Å². The van der Waals surface area contributed by atoms with E-state index in [9.17, 15) is 4.79 Å². The van der Waals surface area contributed by atoms with Gasteiger partial charge in [-0.1, -0.05) is 43.5 Å². The molecule has 0 amide bonds. The molecule has 0 radical (unpaired) electrons. The molecule has 1 aliphatic rings. The zero-order valence-corrected chi connectivity index (χ0v) is 13.4. The summed E-state index contributed by atoms with van der Waals surface area (Å²) >= 11 is 5.98. The molecule has 116 valence electrons. The Kier molecular flexibility index (Phi) is 6.07. The van der Waals surface area contributed by atoms with Crippen LogP contribution in [-0.2, 0) is 4.79 Å². The summed E-state index contributed by atoms with van der Waals surface area (Å²) in [5.41, 5.74) is 1.29. The predicted molar refractivity (Wildman–Crippen MR) is 85.7 cm³/mol. The average molecular weight is 310 g/mol. The van der Waals surface area contributed by atoms with E-state index >= 15 is 0 Å². The van der Waals surface area contributed by atoms with Crippen molar-refractivity contribution < 1.29 is 9.90 Å². The third kappa shape index (κ3) is 4.45. The Balaban J connectivity index is 2.06. The summed E-state index contributed by atoms with van der Waals surface area (Å²) in [6.07, 6.45) is 4.99. The summed E-state index contributed by atoms with van der Waals surface area (Å²) in [6.45, 7) is 3.94. The van der Waals surface area contributed by atoms with Crippen molar-refractivity contribution in [1.29, 1.82) is 0 Å². The number of carboxylic acids is 1. The number of halogens is 1. The molecule has 3 nitrogen and oxygen atoms in total. The number of likely N-dealkylation sites (tertiary alicyclic amines) is 1. The summed E-state index contributed by atoms with van der Waals surface area (Å²) in [5.74, 6) is -0.815. The highest BCUT2D eigenvalue weighted by Crippen LogP contribution is 2.31. The van der Waals surface area contributed by atoms with E-state index in [1.807, 2.05) is 12.1 Å². The lowest BCUT2D eigenvalue weighted by Gasteiger charge is -2.37. The second kappa shape index (κ2) is 7.81. The van der Waals surface area contributed by atoms with Gasteiger partial charge in [0.1, 0.15) is 0 Å². The highest BCUT2D eigenvalue weighted by molar-refractivity contribution is 6.30. The minimum absolute atomic E-state index is 0.168. The van der Waals surface area contributed by atoms with Crippen molar-refractivity contribution in [1.82, 2.24) is 4.90 Å². The monoisotopic (exact) mass is 309 g/mol. The molecule has 0 aromatic heterocycles. The van der Waals surface area contributed by atoms with Crippen LogP contribution in [0, 0.1) is 5.92 Å². The van der Waals surface area contributed by atoms with Crippen LogP contribution in [0.2, 0.25) is 5.02 Å². The van der Waals surface area contributed by atoms with Crippen molar-refractivity contribution in [3.8, 4) is 0 Å². The summed E-state index contributed by atoms with van der Waals surface area (Å²) < 4.78 is 0. The topological polar surface area (TPSA) is 40.5 Å². The molecule has 1 aliphatic heterocycles. The molecule has 1 N–H and O–H groups in total. The van der Waals surface area contributed by atoms with Crippen LogP contribution in [0.15, 0.2) is 24.3 Å². The van der Waals surface area contributed by atoms with Crippen molar-refractivity contribution in [2.24, 2.45) is 5.92 Å². The fraction of sp³-hybridized carbons (Fsp3) is 0.588. The average Bonchev–Trinajstić information content (AvgIpc) is 2.50. The summed E-state index contributed by atoms with van der Waals surface area (Å²) in [7, 11) is 0. The molecular formula is C17H24ClNO2. The van der Waals surface area contributed by atoms with E-state index in [0.717, 1.165) is 37.4 Å². The number of unbranched alkanes of at least 4 members (excludes halogenated alkanes) is 1. The Morgan fingerprint density at radius 2 is 1.95 bits per heavy atom. The van der Waals surface area contributed by atoms with Gasteiger partial charge in [0.05, 0.1) is 5.92 Å². The molecule has 21 heavy (non-hydrogen) atoms. The normalized spacial score (nSPS) is 18.6. The Morgan fingerprint density at radius 3 is 2.48 bits per heavy atom. The largest absolute Gasteiger partial charge is 0.481 e. The van der Waals surface area contributed by atoms with Crippen molar-refractivity contribution in [2.75, 3.05) is 13.1 Å². The third-order valence-corrected chi connectivity index (χ3v) is 4.66. The summed E-state index contributed by atoms with van der Waals surface area (Å²) in [6, 6.07) is 8.48. The molecule has 1 fully saturated rings. The van der Waals surface area contributed by atoms with E-state index in [4.69, 9.17) is 16.7 Å². The molecule has 0 saturated carbocycles. The number of carboxylic acid groups (broad SMARTS) is 1. The lowest BCUT2D eigenvalue weighted by Crippen LogP contribution is -2.38. The predicted octanol–water partition coefficient (Wildman–Crippen LogP) is 4.37. The first-order chi connectivity index (χ1) is 10.1. The fourth-order valence-corrected chi connectivity index (χ4v) is 3.23. The molecule has 0 aliphatic carbocycles. The number of hydrogen-bond donors (Lipinski definition) is 1. The number of hydrogen-bond acceptors (Lipinski definition) is 2. The Bertz CT molecular complexity index is 452. The molecule has 1 atom stereocenters. The quantitative estimate of drug-likeness (QED) is 0.848. The Hall–Kier alpha value is -1.06. The van der Waals surface area contributed by atoms with Crippen molar-refractivity contribution in [3.05, 3.63) is 34.9 Å². The molecule has 0 spiro atoms. The Labute approximate surface area is 131 Å². The van der Waals surface area contributed by atoms with Gasteiger partial charge in [-0.3, -0.25) is 9.69 Å². The first kappa shape index (κ1) is 16.3. The smallest absolute Gasteiger partial charge is 0.306 e. The highest BCUT2D eigenvalue weighted by Gasteiger charge is 2.28. The molecule has 1 aromatic rings. The SMILES string of the molecule is CCCCC(c1ccc(Cl)cc1)N1CCC(C(=O)O)CC1. The van der Waals surface area contributed by atoms with Gasteiger partial charge in [-0.05, 0) is 50.0 Å². The van der Waals surface area contributed by atoms with Crippen molar-refractivity contribution in [3.63, 3.8) is 0 Å². The van der Waals surface area contributed by atoms with Crippen LogP contribution in [0.4, 0.5) is 0 Å². The third-order valence-electron chi connectivity index (χ3n) is 4.41. The van der Waals surface area contributed by atoms with Crippen LogP contribution in [0.1, 0.15) is 50.6 Å². The molecular weight excluding hydrogens is 286 g/mol. The molecule has 1 heterocycles. The maximum Gasteiger partial charge on any atom is 0.306 e. The lowest BCUT2D eigenvalue weighted by atomic mass is 9.92. The number of rotatable bonds is 6. The van der Waals surface area contributed by atoms with Gasteiger partial charge in [0, 0.05) is 11.1 Å². The second-order valence-electron chi connectivity index (χ2n) is 5.86. The first-order valence-corrected chi connectivity index (χ1v) is 8.22. The number of benzene rings is 1. The zero-order valence-electron chi connectivity index (χ0n) is 12.6. The van der Waals surface area contributed by atoms with Gasteiger partial charge in [0.2, 0.25) is 0 Å². The summed E-state index contributed by atoms with van der Waals surface area (Å²) in [4.78, 5) is 13.5. The number of carbonyl (C=O) groups is 1. The maximum absolute atomic E-state index is 11.1. The van der Waals surface area contributed by atoms with Crippen LogP contribution in [-0.4, -0.2) is 29.1 Å². The lowest BCUT2D eigenvalue weighted by molar-refractivity contribution is -0.143. The number of nitrogens with zero attached hydrogens (tertiary/aromatic N) is 1. The standard InChI is InChI=1S/C17H24ClNO2/c1-2-3-4-16(13-5-7-15(18)8-6-13)19-11-9-14(10-12-19)17(20)21/h5-8,14,16H,2-4,9-12H2,1H3,(H,20,21). The highest BCUT2D eigenvalue weighted by atomic mass is 35.5.